The van der Waals surface area contributed by atoms with Gasteiger partial charge in [-0.05, 0) is 36.4 Å². The van der Waals surface area contributed by atoms with Gasteiger partial charge >= 0.3 is 0 Å². The molecule has 1 aliphatic rings. The second kappa shape index (κ2) is 10.1. The zero-order valence-electron chi connectivity index (χ0n) is 34.1. The molecule has 0 spiro atoms. The third kappa shape index (κ3) is 4.68. The van der Waals surface area contributed by atoms with Crippen LogP contribution in [0.2, 0.25) is 0 Å². The van der Waals surface area contributed by atoms with E-state index < -0.39 is 64.0 Å². The van der Waals surface area contributed by atoms with Crippen LogP contribution in [-0.4, -0.2) is 87.0 Å². The maximum atomic E-state index is 8.91. The summed E-state index contributed by atoms with van der Waals surface area (Å²) >= 11 is 0. The van der Waals surface area contributed by atoms with Gasteiger partial charge in [0, 0.05) is 50.8 Å². The van der Waals surface area contributed by atoms with Crippen molar-refractivity contribution in [3.63, 3.8) is 0 Å². The largest absolute Gasteiger partial charge is 0.491 e. The van der Waals surface area contributed by atoms with E-state index in [1.54, 1.807) is 12.1 Å². The van der Waals surface area contributed by atoms with Crippen LogP contribution in [0.5, 0.6) is 5.75 Å². The molecule has 12 heteroatoms. The lowest BCUT2D eigenvalue weighted by atomic mass is 10.2. The maximum absolute atomic E-state index is 8.91. The molecule has 0 saturated carbocycles. The number of nitrogens with zero attached hydrogens (tertiary/aromatic N) is 8. The summed E-state index contributed by atoms with van der Waals surface area (Å²) in [5, 5.41) is 8.00. The number of hydrogen-bond acceptors (Lipinski definition) is 10. The minimum atomic E-state index is -3.49. The number of nitrogens with two attached hydrogens (primary N) is 1. The van der Waals surface area contributed by atoms with Crippen molar-refractivity contribution in [2.45, 2.75) is 6.50 Å². The number of nitrogen functional groups attached to an aromatic ring is 1. The fourth-order valence-electron chi connectivity index (χ4n) is 3.37. The summed E-state index contributed by atoms with van der Waals surface area (Å²) in [6, 6.07) is 7.18. The molecule has 0 bridgehead atoms. The van der Waals surface area contributed by atoms with E-state index >= 15 is 0 Å². The normalized spacial score (nSPS) is 27.3. The Bertz CT molecular complexity index is 2110. The molecule has 1 saturated heterocycles. The first-order chi connectivity index (χ1) is 23.8. The predicted molar refractivity (Wildman–Crippen MR) is 139 cm³/mol. The number of anilines is 2. The van der Waals surface area contributed by atoms with Gasteiger partial charge in [0.25, 0.3) is 0 Å². The summed E-state index contributed by atoms with van der Waals surface area (Å²) < 4.78 is 144. The summed E-state index contributed by atoms with van der Waals surface area (Å²) in [5.74, 6) is -0.316. The topological polar surface area (TPSA) is 125 Å². The maximum Gasteiger partial charge on any atom is 0.225 e. The molecule has 12 nitrogen and oxygen atoms in total. The van der Waals surface area contributed by atoms with E-state index in [4.69, 9.17) is 35.4 Å². The fourth-order valence-corrected chi connectivity index (χ4v) is 3.37. The first-order valence-electron chi connectivity index (χ1n) is 18.2. The van der Waals surface area contributed by atoms with Crippen LogP contribution in [0.4, 0.5) is 11.6 Å². The Labute approximate surface area is 234 Å². The van der Waals surface area contributed by atoms with E-state index in [0.717, 1.165) is 35.9 Å². The van der Waals surface area contributed by atoms with E-state index in [9.17, 15) is 0 Å². The Hall–Kier alpha value is -4.16. The minimum Gasteiger partial charge on any atom is -0.491 e. The number of benzene rings is 1. The van der Waals surface area contributed by atoms with Crippen LogP contribution in [-0.2, 0) is 11.2 Å². The number of hydrogen-bond donors (Lipinski definition) is 1. The predicted octanol–water partition coefficient (Wildman–Crippen LogP) is 2.16. The summed E-state index contributed by atoms with van der Waals surface area (Å²) in [5.41, 5.74) is 5.25. The molecular weight excluding hydrogens is 474 g/mol. The van der Waals surface area contributed by atoms with Crippen LogP contribution in [0.3, 0.4) is 0 Å². The van der Waals surface area contributed by atoms with E-state index in [1.165, 1.54) is 6.26 Å². The van der Waals surface area contributed by atoms with Gasteiger partial charge in [-0.1, -0.05) is 0 Å². The summed E-state index contributed by atoms with van der Waals surface area (Å²) in [6.07, 6.45) is 0.819. The lowest BCUT2D eigenvalue weighted by Gasteiger charge is -2.36. The minimum absolute atomic E-state index is 0.0560. The highest BCUT2D eigenvalue weighted by Crippen LogP contribution is 2.24. The second-order valence-corrected chi connectivity index (χ2v) is 7.37. The molecule has 6 rings (SSSR count). The summed E-state index contributed by atoms with van der Waals surface area (Å²) in [4.78, 5) is 8.72. The van der Waals surface area contributed by atoms with Crippen molar-refractivity contribution in [3.8, 4) is 17.3 Å². The van der Waals surface area contributed by atoms with Crippen molar-refractivity contribution < 1.29 is 34.5 Å². The molecule has 1 aliphatic heterocycles. The highest BCUT2D eigenvalue weighted by molar-refractivity contribution is 5.90. The third-order valence-corrected chi connectivity index (χ3v) is 5.08. The monoisotopic (exact) mass is 518 g/mol. The third-order valence-electron chi connectivity index (χ3n) is 5.08. The molecule has 0 aliphatic carbocycles. The molecule has 2 N–H and O–H groups in total. The lowest BCUT2D eigenvalue weighted by molar-refractivity contribution is 0.146. The van der Waals surface area contributed by atoms with Gasteiger partial charge in [0.15, 0.2) is 17.1 Å². The average molecular weight is 519 g/mol. The number of aromatic nitrogens is 6. The first kappa shape index (κ1) is 11.9. The lowest BCUT2D eigenvalue weighted by Crippen LogP contribution is -2.47. The number of piperazine rings is 1. The molecule has 0 amide bonds. The molecule has 5 aromatic rings. The summed E-state index contributed by atoms with van der Waals surface area (Å²) in [6.45, 7) is -24.1. The van der Waals surface area contributed by atoms with Gasteiger partial charge in [0.1, 0.15) is 12.3 Å². The molecule has 4 aromatic heterocycles. The molecule has 192 valence electrons. The molecule has 0 atom stereocenters. The highest BCUT2D eigenvalue weighted by atomic mass is 16.5. The molecule has 5 heterocycles. The van der Waals surface area contributed by atoms with E-state index in [-0.39, 0.29) is 49.8 Å². The Morgan fingerprint density at radius 2 is 1.95 bits per heavy atom. The zero-order valence-corrected chi connectivity index (χ0v) is 19.1. The van der Waals surface area contributed by atoms with E-state index in [1.807, 2.05) is 0 Å². The SMILES string of the molecule is [2H]c1nn(C([2H])([2H])CN2C([2H])([2H])C([2H])([2H])N(c3ccc(OC([2H])([2H])C([2H])([2H])OC)cc3)C([2H])([2H])C2([2H])[2H])c2nc(N)n3nc(-c4ccco4)nc3c12. The van der Waals surface area contributed by atoms with E-state index in [0.29, 0.717) is 4.68 Å². The Balaban J connectivity index is 1.37. The van der Waals surface area contributed by atoms with Crippen molar-refractivity contribution in [3.05, 3.63) is 48.8 Å². The van der Waals surface area contributed by atoms with Crippen molar-refractivity contribution in [2.75, 3.05) is 63.4 Å². The van der Waals surface area contributed by atoms with Gasteiger partial charge in [0.2, 0.25) is 11.8 Å². The Morgan fingerprint density at radius 3 is 2.70 bits per heavy atom. The van der Waals surface area contributed by atoms with Gasteiger partial charge in [-0.25, -0.2) is 9.67 Å². The van der Waals surface area contributed by atoms with Gasteiger partial charge < -0.3 is 24.5 Å². The molecule has 1 aromatic carbocycles. The van der Waals surface area contributed by atoms with Crippen molar-refractivity contribution in [1.82, 2.24) is 34.3 Å². The van der Waals surface area contributed by atoms with Gasteiger partial charge in [-0.15, -0.1) is 5.10 Å². The number of furan rings is 1. The van der Waals surface area contributed by atoms with Crippen LogP contribution in [0.25, 0.3) is 28.3 Å². The second-order valence-electron chi connectivity index (χ2n) is 7.37. The number of fused-ring (bicyclic) bond motifs is 3. The Kier molecular flexibility index (Phi) is 3.25. The molecule has 37 heavy (non-hydrogen) atoms. The van der Waals surface area contributed by atoms with Gasteiger partial charge in [-0.3, -0.25) is 4.90 Å². The van der Waals surface area contributed by atoms with Crippen LogP contribution < -0.4 is 15.4 Å². The molecule has 0 unspecified atom stereocenters. The van der Waals surface area contributed by atoms with Crippen molar-refractivity contribution in [2.24, 2.45) is 0 Å². The first-order valence-corrected chi connectivity index (χ1v) is 10.7. The highest BCUT2D eigenvalue weighted by Gasteiger charge is 2.20. The zero-order chi connectivity index (χ0) is 38.6. The number of ether oxygens (including phenoxy) is 2. The van der Waals surface area contributed by atoms with Crippen LogP contribution >= 0.6 is 0 Å². The number of rotatable bonds is 9. The summed E-state index contributed by atoms with van der Waals surface area (Å²) in [7, 11) is 0.924. The Morgan fingerprint density at radius 1 is 1.11 bits per heavy atom. The molecule has 1 fully saturated rings. The van der Waals surface area contributed by atoms with Gasteiger partial charge in [0.05, 0.1) is 46.0 Å². The number of methoxy groups -OCH3 is 1. The fraction of sp³-hybridized carbons (Fsp3) is 0.360. The van der Waals surface area contributed by atoms with Crippen LogP contribution in [0.1, 0.15) is 20.6 Å². The van der Waals surface area contributed by atoms with Crippen LogP contribution in [0, 0.1) is 0 Å². The van der Waals surface area contributed by atoms with Crippen LogP contribution in [0.15, 0.2) is 53.3 Å². The molecule has 0 radical (unpaired) electrons. The quantitative estimate of drug-likeness (QED) is 0.310. The molecular formula is C25H29N9O3. The smallest absolute Gasteiger partial charge is 0.225 e. The van der Waals surface area contributed by atoms with Crippen molar-refractivity contribution in [1.29, 1.82) is 0 Å². The van der Waals surface area contributed by atoms with E-state index in [2.05, 4.69) is 24.9 Å². The average Bonchev–Trinajstić information content (AvgIpc) is 3.79. The van der Waals surface area contributed by atoms with Gasteiger partial charge in [-0.2, -0.15) is 14.6 Å². The van der Waals surface area contributed by atoms with Crippen molar-refractivity contribution >= 4 is 28.3 Å². The standard InChI is InChI=1S/C25H29N9O3/c1-35-15-16-36-19-6-4-18(5-7-19)32-11-8-31(9-12-32)10-13-33-23-20(17-27-33)24-28-22(21-3-2-14-37-21)30-34(24)25(26)29-23/h2-7,14,17H,8-13,15-16H2,1H3,(H2,26,29)/i8D2,9D2,11D2,12D2,13D2,15D2,16D2,17D.